The van der Waals surface area contributed by atoms with Gasteiger partial charge in [-0.1, -0.05) is 6.07 Å². The maximum Gasteiger partial charge on any atom is 0.143 e. The van der Waals surface area contributed by atoms with Gasteiger partial charge >= 0.3 is 0 Å². The number of ether oxygens (including phenoxy) is 1. The summed E-state index contributed by atoms with van der Waals surface area (Å²) >= 11 is 0. The van der Waals surface area contributed by atoms with Crippen LogP contribution in [0.25, 0.3) is 10.9 Å². The summed E-state index contributed by atoms with van der Waals surface area (Å²) in [5.41, 5.74) is 8.99. The largest absolute Gasteiger partial charge is 0.495 e. The lowest BCUT2D eigenvalue weighted by atomic mass is 10.1. The molecule has 0 radical (unpaired) electrons. The molecular formula is C13H18N2O2. The summed E-state index contributed by atoms with van der Waals surface area (Å²) < 4.78 is 7.35. The van der Waals surface area contributed by atoms with Crippen molar-refractivity contribution in [1.29, 1.82) is 0 Å². The quantitative estimate of drug-likeness (QED) is 0.845. The molecule has 2 rings (SSSR count). The molecule has 0 bridgehead atoms. The number of hydrogen-bond acceptors (Lipinski definition) is 3. The third kappa shape index (κ3) is 1.79. The Hall–Kier alpha value is -1.52. The number of benzene rings is 1. The van der Waals surface area contributed by atoms with Gasteiger partial charge in [0.25, 0.3) is 0 Å². The summed E-state index contributed by atoms with van der Waals surface area (Å²) in [6, 6.07) is 5.63. The zero-order valence-corrected chi connectivity index (χ0v) is 10.4. The van der Waals surface area contributed by atoms with E-state index in [1.54, 1.807) is 7.11 Å². The van der Waals surface area contributed by atoms with Crippen molar-refractivity contribution in [3.8, 4) is 5.75 Å². The van der Waals surface area contributed by atoms with Crippen molar-refractivity contribution in [2.75, 3.05) is 13.7 Å². The number of methoxy groups -OCH3 is 1. The molecule has 1 heterocycles. The first-order chi connectivity index (χ1) is 8.10. The van der Waals surface area contributed by atoms with Gasteiger partial charge in [-0.2, -0.15) is 0 Å². The van der Waals surface area contributed by atoms with Gasteiger partial charge in [0, 0.05) is 18.1 Å². The van der Waals surface area contributed by atoms with Gasteiger partial charge in [0.15, 0.2) is 0 Å². The molecule has 3 N–H and O–H groups in total. The molecule has 2 aromatic rings. The van der Waals surface area contributed by atoms with Crippen LogP contribution in [0.1, 0.15) is 17.3 Å². The fourth-order valence-electron chi connectivity index (χ4n) is 2.20. The summed E-state index contributed by atoms with van der Waals surface area (Å²) in [6.45, 7) is 1.99. The highest BCUT2D eigenvalue weighted by Gasteiger charge is 2.16. The van der Waals surface area contributed by atoms with Crippen LogP contribution in [0.2, 0.25) is 0 Å². The first-order valence-electron chi connectivity index (χ1n) is 5.59. The molecule has 0 aliphatic heterocycles. The van der Waals surface area contributed by atoms with Crippen LogP contribution in [-0.2, 0) is 7.05 Å². The second kappa shape index (κ2) is 4.39. The molecule has 1 aromatic carbocycles. The maximum atomic E-state index is 9.16. The molecule has 0 spiro atoms. The lowest BCUT2D eigenvalue weighted by Gasteiger charge is -2.11. The van der Waals surface area contributed by atoms with Crippen LogP contribution in [0.3, 0.4) is 0 Å². The Kier molecular flexibility index (Phi) is 3.09. The molecule has 17 heavy (non-hydrogen) atoms. The number of aliphatic hydroxyl groups is 1. The van der Waals surface area contributed by atoms with Crippen molar-refractivity contribution < 1.29 is 9.84 Å². The van der Waals surface area contributed by atoms with Gasteiger partial charge in [0.05, 0.1) is 25.3 Å². The minimum atomic E-state index is -0.364. The lowest BCUT2D eigenvalue weighted by Crippen LogP contribution is -2.17. The van der Waals surface area contributed by atoms with Crippen molar-refractivity contribution >= 4 is 10.9 Å². The first kappa shape index (κ1) is 12.0. The normalized spacial score (nSPS) is 13.0. The Morgan fingerprint density at radius 2 is 2.18 bits per heavy atom. The summed E-state index contributed by atoms with van der Waals surface area (Å²) in [5.74, 6) is 0.824. The number of hydrogen-bond donors (Lipinski definition) is 2. The minimum absolute atomic E-state index is 0.0640. The molecular weight excluding hydrogens is 216 g/mol. The summed E-state index contributed by atoms with van der Waals surface area (Å²) in [7, 11) is 3.60. The monoisotopic (exact) mass is 234 g/mol. The van der Waals surface area contributed by atoms with E-state index >= 15 is 0 Å². The van der Waals surface area contributed by atoms with E-state index in [4.69, 9.17) is 15.6 Å². The summed E-state index contributed by atoms with van der Waals surface area (Å²) in [6.07, 6.45) is 0. The van der Waals surface area contributed by atoms with Crippen molar-refractivity contribution in [3.05, 3.63) is 29.5 Å². The summed E-state index contributed by atoms with van der Waals surface area (Å²) in [5, 5.41) is 10.3. The average Bonchev–Trinajstić information content (AvgIpc) is 2.69. The fraction of sp³-hybridized carbons (Fsp3) is 0.385. The number of nitrogens with two attached hydrogens (primary N) is 1. The molecule has 0 aliphatic carbocycles. The molecule has 0 fully saturated rings. The molecule has 0 amide bonds. The Balaban J connectivity index is 2.76. The van der Waals surface area contributed by atoms with E-state index in [1.807, 2.05) is 29.8 Å². The number of fused-ring (bicyclic) bond motifs is 1. The second-order valence-corrected chi connectivity index (χ2v) is 4.26. The third-order valence-corrected chi connectivity index (χ3v) is 3.21. The van der Waals surface area contributed by atoms with Gasteiger partial charge in [-0.25, -0.2) is 0 Å². The Morgan fingerprint density at radius 1 is 1.47 bits per heavy atom. The highest BCUT2D eigenvalue weighted by molar-refractivity contribution is 5.89. The topological polar surface area (TPSA) is 60.4 Å². The Morgan fingerprint density at radius 3 is 2.76 bits per heavy atom. The van der Waals surface area contributed by atoms with Crippen LogP contribution < -0.4 is 10.5 Å². The minimum Gasteiger partial charge on any atom is -0.495 e. The smallest absolute Gasteiger partial charge is 0.143 e. The van der Waals surface area contributed by atoms with Crippen LogP contribution >= 0.6 is 0 Å². The van der Waals surface area contributed by atoms with Gasteiger partial charge in [-0.15, -0.1) is 0 Å². The van der Waals surface area contributed by atoms with Crippen LogP contribution in [0, 0.1) is 6.92 Å². The van der Waals surface area contributed by atoms with Crippen molar-refractivity contribution in [2.24, 2.45) is 12.8 Å². The Bertz CT molecular complexity index is 546. The van der Waals surface area contributed by atoms with E-state index in [2.05, 4.69) is 6.92 Å². The van der Waals surface area contributed by atoms with E-state index in [1.165, 1.54) is 5.56 Å². The van der Waals surface area contributed by atoms with Gasteiger partial charge in [0.1, 0.15) is 5.75 Å². The van der Waals surface area contributed by atoms with Gasteiger partial charge in [-0.3, -0.25) is 0 Å². The van der Waals surface area contributed by atoms with Gasteiger partial charge < -0.3 is 20.1 Å². The van der Waals surface area contributed by atoms with E-state index in [9.17, 15) is 0 Å². The summed E-state index contributed by atoms with van der Waals surface area (Å²) in [4.78, 5) is 0. The zero-order chi connectivity index (χ0) is 12.6. The first-order valence-corrected chi connectivity index (χ1v) is 5.59. The Labute approximate surface area is 101 Å². The molecule has 4 heteroatoms. The molecule has 1 aromatic heterocycles. The van der Waals surface area contributed by atoms with Crippen LogP contribution in [0.5, 0.6) is 5.75 Å². The lowest BCUT2D eigenvalue weighted by molar-refractivity contribution is 0.264. The number of aromatic nitrogens is 1. The van der Waals surface area contributed by atoms with Crippen LogP contribution in [0.15, 0.2) is 18.2 Å². The van der Waals surface area contributed by atoms with Crippen molar-refractivity contribution in [2.45, 2.75) is 13.0 Å². The van der Waals surface area contributed by atoms with Gasteiger partial charge in [-0.05, 0) is 24.6 Å². The SMILES string of the molecule is COc1ccc(C)c2cc(C(N)CO)n(C)c12. The standard InChI is InChI=1S/C13H18N2O2/c1-8-4-5-12(17-3)13-9(8)6-11(15(13)2)10(14)7-16/h4-6,10,16H,7,14H2,1-3H3. The van der Waals surface area contributed by atoms with Crippen molar-refractivity contribution in [3.63, 3.8) is 0 Å². The number of rotatable bonds is 3. The number of aliphatic hydroxyl groups excluding tert-OH is 1. The predicted molar refractivity (Wildman–Crippen MR) is 68.2 cm³/mol. The highest BCUT2D eigenvalue weighted by Crippen LogP contribution is 2.32. The second-order valence-electron chi connectivity index (χ2n) is 4.26. The van der Waals surface area contributed by atoms with Crippen LogP contribution in [-0.4, -0.2) is 23.4 Å². The maximum absolute atomic E-state index is 9.16. The van der Waals surface area contributed by atoms with E-state index in [-0.39, 0.29) is 12.6 Å². The van der Waals surface area contributed by atoms with E-state index in [0.717, 1.165) is 22.3 Å². The molecule has 1 unspecified atom stereocenters. The third-order valence-electron chi connectivity index (χ3n) is 3.21. The number of nitrogens with zero attached hydrogens (tertiary/aromatic N) is 1. The zero-order valence-electron chi connectivity index (χ0n) is 10.4. The molecule has 0 aliphatic rings. The molecule has 0 saturated heterocycles. The van der Waals surface area contributed by atoms with Gasteiger partial charge in [0.2, 0.25) is 0 Å². The van der Waals surface area contributed by atoms with E-state index < -0.39 is 0 Å². The predicted octanol–water partition coefficient (Wildman–Crippen LogP) is 1.49. The molecule has 92 valence electrons. The average molecular weight is 234 g/mol. The van der Waals surface area contributed by atoms with E-state index in [0.29, 0.717) is 0 Å². The van der Waals surface area contributed by atoms with Crippen LogP contribution in [0.4, 0.5) is 0 Å². The molecule has 1 atom stereocenters. The molecule has 0 saturated carbocycles. The fourth-order valence-corrected chi connectivity index (χ4v) is 2.20. The molecule has 4 nitrogen and oxygen atoms in total. The van der Waals surface area contributed by atoms with Crippen molar-refractivity contribution in [1.82, 2.24) is 4.57 Å². The number of aryl methyl sites for hydroxylation is 2. The highest BCUT2D eigenvalue weighted by atomic mass is 16.5.